The second kappa shape index (κ2) is 9.65. The first-order valence-corrected chi connectivity index (χ1v) is 10.9. The van der Waals surface area contributed by atoms with Crippen LogP contribution in [0.15, 0.2) is 64.3 Å². The maximum Gasteiger partial charge on any atom is 0.419 e. The zero-order valence-corrected chi connectivity index (χ0v) is 18.8. The number of aromatic nitrogens is 1. The molecule has 3 N–H and O–H groups in total. The third-order valence-electron chi connectivity index (χ3n) is 5.96. The molecule has 9 nitrogen and oxygen atoms in total. The number of rotatable bonds is 6. The van der Waals surface area contributed by atoms with Gasteiger partial charge in [0, 0.05) is 26.6 Å². The highest BCUT2D eigenvalue weighted by atomic mass is 16.5. The third-order valence-corrected chi connectivity index (χ3v) is 5.96. The first-order chi connectivity index (χ1) is 16.3. The van der Waals surface area contributed by atoms with Crippen molar-refractivity contribution in [3.63, 3.8) is 0 Å². The summed E-state index contributed by atoms with van der Waals surface area (Å²) in [6, 6.07) is 14.6. The van der Waals surface area contributed by atoms with Gasteiger partial charge in [-0.1, -0.05) is 36.4 Å². The molecule has 1 aliphatic heterocycles. The number of nitrogens with one attached hydrogen (secondary N) is 2. The highest BCUT2D eigenvalue weighted by Crippen LogP contribution is 2.24. The van der Waals surface area contributed by atoms with Gasteiger partial charge in [-0.2, -0.15) is 5.26 Å². The van der Waals surface area contributed by atoms with Crippen LogP contribution in [0.3, 0.4) is 0 Å². The first kappa shape index (κ1) is 23.4. The summed E-state index contributed by atoms with van der Waals surface area (Å²) in [6.45, 7) is 3.99. The van der Waals surface area contributed by atoms with E-state index in [9.17, 15) is 20.0 Å². The van der Waals surface area contributed by atoms with Crippen LogP contribution < -0.4 is 16.4 Å². The summed E-state index contributed by atoms with van der Waals surface area (Å²) in [7, 11) is 1.66. The first-order valence-electron chi connectivity index (χ1n) is 10.9. The van der Waals surface area contributed by atoms with Crippen LogP contribution in [-0.2, 0) is 23.0 Å². The summed E-state index contributed by atoms with van der Waals surface area (Å²) in [6.07, 6.45) is 0.895. The lowest BCUT2D eigenvalue weighted by atomic mass is 10.0. The van der Waals surface area contributed by atoms with Crippen LogP contribution in [0.25, 0.3) is 22.2 Å². The Labute approximate surface area is 196 Å². The van der Waals surface area contributed by atoms with E-state index in [1.165, 1.54) is 10.6 Å². The van der Waals surface area contributed by atoms with E-state index in [1.54, 1.807) is 13.1 Å². The monoisotopic (exact) mass is 462 g/mol. The van der Waals surface area contributed by atoms with Gasteiger partial charge in [0.2, 0.25) is 0 Å². The average Bonchev–Trinajstić information content (AvgIpc) is 3.00. The lowest BCUT2D eigenvalue weighted by Gasteiger charge is -2.21. The summed E-state index contributed by atoms with van der Waals surface area (Å²) in [5.74, 6) is -0.823. The van der Waals surface area contributed by atoms with Crippen LogP contribution in [-0.4, -0.2) is 53.0 Å². The molecule has 0 saturated carbocycles. The normalized spacial score (nSPS) is 21.4. The number of nitrogens with zero attached hydrogens (tertiary/aromatic N) is 2. The number of amides is 1. The molecule has 0 radical (unpaired) electrons. The second-order valence-corrected chi connectivity index (χ2v) is 8.44. The minimum absolute atomic E-state index is 0.0565. The Kier molecular flexibility index (Phi) is 6.65. The maximum absolute atomic E-state index is 12.6. The van der Waals surface area contributed by atoms with E-state index in [1.807, 2.05) is 36.4 Å². The molecule has 2 aromatic carbocycles. The summed E-state index contributed by atoms with van der Waals surface area (Å²) in [5.41, 5.74) is 2.77. The zero-order chi connectivity index (χ0) is 24.3. The third kappa shape index (κ3) is 4.94. The molecule has 2 heterocycles. The SMILES string of the molecule is C=CC1(O)CNCC(C(=O)N[C@H](C#N)Cc2ccc(-c3ccc4oc(=O)n(C)c4c3)cc2)OC1. The van der Waals surface area contributed by atoms with Gasteiger partial charge in [-0.15, -0.1) is 6.58 Å². The van der Waals surface area contributed by atoms with Gasteiger partial charge in [0.25, 0.3) is 5.91 Å². The van der Waals surface area contributed by atoms with Gasteiger partial charge in [0.15, 0.2) is 5.58 Å². The largest absolute Gasteiger partial charge is 0.419 e. The van der Waals surface area contributed by atoms with Crippen LogP contribution >= 0.6 is 0 Å². The van der Waals surface area contributed by atoms with Gasteiger partial charge in [0.05, 0.1) is 18.2 Å². The molecule has 0 spiro atoms. The molecule has 4 rings (SSSR count). The smallest absolute Gasteiger partial charge is 0.408 e. The molecule has 3 atom stereocenters. The van der Waals surface area contributed by atoms with E-state index < -0.39 is 29.4 Å². The number of hydrogen-bond acceptors (Lipinski definition) is 7. The van der Waals surface area contributed by atoms with Crippen LogP contribution in [0.2, 0.25) is 0 Å². The lowest BCUT2D eigenvalue weighted by Crippen LogP contribution is -2.46. The van der Waals surface area contributed by atoms with Gasteiger partial charge in [-0.25, -0.2) is 4.79 Å². The Bertz CT molecular complexity index is 1300. The molecular formula is C25H26N4O5. The van der Waals surface area contributed by atoms with Crippen molar-refractivity contribution in [3.8, 4) is 17.2 Å². The standard InChI is InChI=1S/C25H26N4O5/c1-3-25(32)14-27-13-22(33-15-25)23(30)28-19(12-26)10-16-4-6-17(7-5-16)18-8-9-21-20(11-18)29(2)24(31)34-21/h3-9,11,19,22,27,32H,1,10,13-15H2,2H3,(H,28,30)/t19-,22?,25?/m0/s1. The van der Waals surface area contributed by atoms with Crippen molar-refractivity contribution in [3.05, 3.63) is 71.2 Å². The fourth-order valence-corrected chi connectivity index (χ4v) is 3.84. The molecule has 1 fully saturated rings. The van der Waals surface area contributed by atoms with Gasteiger partial charge >= 0.3 is 5.76 Å². The second-order valence-electron chi connectivity index (χ2n) is 8.44. The van der Waals surface area contributed by atoms with Gasteiger partial charge in [-0.05, 0) is 28.8 Å². The quantitative estimate of drug-likeness (QED) is 0.470. The molecular weight excluding hydrogens is 436 g/mol. The number of ether oxygens (including phenoxy) is 1. The summed E-state index contributed by atoms with van der Waals surface area (Å²) in [5, 5.41) is 25.5. The molecule has 1 aromatic heterocycles. The number of oxazole rings is 1. The number of nitriles is 1. The van der Waals surface area contributed by atoms with Crippen LogP contribution in [0.5, 0.6) is 0 Å². The van der Waals surface area contributed by atoms with Gasteiger partial charge in [-0.3, -0.25) is 9.36 Å². The highest BCUT2D eigenvalue weighted by molar-refractivity contribution is 5.82. The minimum atomic E-state index is -1.23. The molecule has 0 aliphatic carbocycles. The predicted octanol–water partition coefficient (Wildman–Crippen LogP) is 1.25. The van der Waals surface area contributed by atoms with Crippen molar-refractivity contribution < 1.29 is 19.1 Å². The molecule has 2 unspecified atom stereocenters. The molecule has 0 bridgehead atoms. The fraction of sp³-hybridized carbons (Fsp3) is 0.320. The zero-order valence-electron chi connectivity index (χ0n) is 18.8. The number of fused-ring (bicyclic) bond motifs is 1. The molecule has 34 heavy (non-hydrogen) atoms. The fourth-order valence-electron chi connectivity index (χ4n) is 3.84. The van der Waals surface area contributed by atoms with Crippen molar-refractivity contribution in [1.29, 1.82) is 5.26 Å². The summed E-state index contributed by atoms with van der Waals surface area (Å²) >= 11 is 0. The van der Waals surface area contributed by atoms with Gasteiger partial charge < -0.3 is 24.9 Å². The van der Waals surface area contributed by atoms with Crippen molar-refractivity contribution in [2.45, 2.75) is 24.2 Å². The molecule has 9 heteroatoms. The van der Waals surface area contributed by atoms with E-state index >= 15 is 0 Å². The molecule has 1 saturated heterocycles. The number of carbonyl (C=O) groups excluding carboxylic acids is 1. The van der Waals surface area contributed by atoms with E-state index in [4.69, 9.17) is 9.15 Å². The average molecular weight is 463 g/mol. The van der Waals surface area contributed by atoms with Crippen molar-refractivity contribution >= 4 is 17.0 Å². The van der Waals surface area contributed by atoms with E-state index in [0.717, 1.165) is 16.7 Å². The molecule has 1 aliphatic rings. The molecule has 176 valence electrons. The summed E-state index contributed by atoms with van der Waals surface area (Å²) < 4.78 is 12.2. The van der Waals surface area contributed by atoms with Crippen LogP contribution in [0.1, 0.15) is 5.56 Å². The van der Waals surface area contributed by atoms with E-state index in [-0.39, 0.29) is 19.7 Å². The van der Waals surface area contributed by atoms with E-state index in [0.29, 0.717) is 17.5 Å². The number of carbonyl (C=O) groups is 1. The number of benzene rings is 2. The van der Waals surface area contributed by atoms with Crippen LogP contribution in [0.4, 0.5) is 0 Å². The number of β-amino-alcohol motifs (C(OH)–C–C–N with tert-alkyl or cyclic N) is 1. The minimum Gasteiger partial charge on any atom is -0.408 e. The Balaban J connectivity index is 1.40. The Morgan fingerprint density at radius 1 is 1.38 bits per heavy atom. The molecule has 3 aromatic rings. The number of aryl methyl sites for hydroxylation is 1. The van der Waals surface area contributed by atoms with Crippen molar-refractivity contribution in [1.82, 2.24) is 15.2 Å². The molecule has 1 amide bonds. The van der Waals surface area contributed by atoms with Crippen molar-refractivity contribution in [2.75, 3.05) is 19.7 Å². The van der Waals surface area contributed by atoms with Gasteiger partial charge in [0.1, 0.15) is 17.7 Å². The maximum atomic E-state index is 12.6. The Hall–Kier alpha value is -3.71. The topological polar surface area (TPSA) is 130 Å². The summed E-state index contributed by atoms with van der Waals surface area (Å²) in [4.78, 5) is 24.3. The Morgan fingerprint density at radius 2 is 2.12 bits per heavy atom. The van der Waals surface area contributed by atoms with Crippen LogP contribution in [0, 0.1) is 11.3 Å². The predicted molar refractivity (Wildman–Crippen MR) is 126 cm³/mol. The highest BCUT2D eigenvalue weighted by Gasteiger charge is 2.32. The van der Waals surface area contributed by atoms with Crippen molar-refractivity contribution in [2.24, 2.45) is 7.05 Å². The Morgan fingerprint density at radius 3 is 2.82 bits per heavy atom. The lowest BCUT2D eigenvalue weighted by molar-refractivity contribution is -0.134. The number of hydrogen-bond donors (Lipinski definition) is 3. The number of aliphatic hydroxyl groups is 1. The van der Waals surface area contributed by atoms with E-state index in [2.05, 4.69) is 23.3 Å².